The van der Waals surface area contributed by atoms with E-state index in [1.54, 1.807) is 51.4 Å². The van der Waals surface area contributed by atoms with Crippen LogP contribution in [0.15, 0.2) is 76.1 Å². The summed E-state index contributed by atoms with van der Waals surface area (Å²) in [5, 5.41) is 6.68. The van der Waals surface area contributed by atoms with E-state index in [0.29, 0.717) is 29.6 Å². The summed E-state index contributed by atoms with van der Waals surface area (Å²) >= 11 is 1.47. The molecular formula is C27H26FN3O4S. The molecule has 0 saturated carbocycles. The van der Waals surface area contributed by atoms with Gasteiger partial charge >= 0.3 is 0 Å². The molecule has 1 heterocycles. The van der Waals surface area contributed by atoms with Gasteiger partial charge in [-0.2, -0.15) is 5.10 Å². The number of hydrogen-bond donors (Lipinski definition) is 0. The van der Waals surface area contributed by atoms with Crippen molar-refractivity contribution in [1.82, 2.24) is 4.68 Å². The van der Waals surface area contributed by atoms with Gasteiger partial charge in [-0.1, -0.05) is 12.1 Å². The van der Waals surface area contributed by atoms with Crippen molar-refractivity contribution >= 4 is 17.6 Å². The number of ether oxygens (including phenoxy) is 4. The zero-order valence-electron chi connectivity index (χ0n) is 20.4. The van der Waals surface area contributed by atoms with Crippen LogP contribution in [0.2, 0.25) is 0 Å². The lowest BCUT2D eigenvalue weighted by atomic mass is 10.1. The number of halogens is 1. The maximum atomic E-state index is 13.1. The van der Waals surface area contributed by atoms with Gasteiger partial charge in [-0.05, 0) is 59.7 Å². The molecule has 0 spiro atoms. The first-order valence-electron chi connectivity index (χ1n) is 11.0. The van der Waals surface area contributed by atoms with Crippen molar-refractivity contribution in [3.63, 3.8) is 0 Å². The first-order chi connectivity index (χ1) is 17.6. The van der Waals surface area contributed by atoms with Gasteiger partial charge in [-0.15, -0.1) is 11.3 Å². The van der Waals surface area contributed by atoms with Crippen LogP contribution in [0, 0.1) is 5.82 Å². The largest absolute Gasteiger partial charge is 0.497 e. The molecule has 0 aliphatic carbocycles. The maximum Gasteiger partial charge on any atom is 0.205 e. The average molecular weight is 508 g/mol. The lowest BCUT2D eigenvalue weighted by molar-refractivity contribution is 0.284. The van der Waals surface area contributed by atoms with Gasteiger partial charge < -0.3 is 18.9 Å². The third-order valence-electron chi connectivity index (χ3n) is 5.38. The lowest BCUT2D eigenvalue weighted by Crippen LogP contribution is -2.12. The maximum absolute atomic E-state index is 13.1. The van der Waals surface area contributed by atoms with E-state index in [0.717, 1.165) is 27.2 Å². The summed E-state index contributed by atoms with van der Waals surface area (Å²) in [5.74, 6) is 2.27. The number of thiazole rings is 1. The molecule has 0 N–H and O–H groups in total. The fourth-order valence-electron chi connectivity index (χ4n) is 3.51. The van der Waals surface area contributed by atoms with E-state index in [-0.39, 0.29) is 5.82 Å². The molecule has 0 aliphatic heterocycles. The van der Waals surface area contributed by atoms with Gasteiger partial charge in [0.1, 0.15) is 23.9 Å². The first-order valence-corrected chi connectivity index (χ1v) is 11.9. The SMILES string of the molecule is CN=c1scc(-c2cc(OC)ccc2OC)n1N=Cc1ccc(OCc2ccc(F)cc2)c(OC)c1. The van der Waals surface area contributed by atoms with Gasteiger partial charge in [0.2, 0.25) is 4.80 Å². The second kappa shape index (κ2) is 11.5. The number of hydrogen-bond acceptors (Lipinski definition) is 7. The Morgan fingerprint density at radius 2 is 1.64 bits per heavy atom. The lowest BCUT2D eigenvalue weighted by Gasteiger charge is -2.12. The van der Waals surface area contributed by atoms with Crippen molar-refractivity contribution in [1.29, 1.82) is 0 Å². The number of benzene rings is 3. The standard InChI is InChI=1S/C27H26FN3O4S/c1-29-27-31(23(17-36-27)22-14-21(32-2)10-12-24(22)33-3)30-15-19-7-11-25(26(13-19)34-4)35-16-18-5-8-20(28)9-6-18/h5-15,17H,16H2,1-4H3. The summed E-state index contributed by atoms with van der Waals surface area (Å²) in [6.45, 7) is 0.294. The van der Waals surface area contributed by atoms with Gasteiger partial charge in [0.15, 0.2) is 11.5 Å². The first kappa shape index (κ1) is 25.0. The Hall–Kier alpha value is -4.11. The zero-order chi connectivity index (χ0) is 25.5. The number of nitrogens with zero attached hydrogens (tertiary/aromatic N) is 3. The molecule has 0 fully saturated rings. The Bertz CT molecular complexity index is 1430. The van der Waals surface area contributed by atoms with Gasteiger partial charge in [-0.3, -0.25) is 4.99 Å². The van der Waals surface area contributed by atoms with Gasteiger partial charge in [0.05, 0.1) is 33.2 Å². The van der Waals surface area contributed by atoms with Crippen molar-refractivity contribution < 1.29 is 23.3 Å². The fraction of sp³-hybridized carbons (Fsp3) is 0.185. The molecule has 3 aromatic carbocycles. The second-order valence-corrected chi connectivity index (χ2v) is 8.41. The summed E-state index contributed by atoms with van der Waals surface area (Å²) < 4.78 is 37.3. The summed E-state index contributed by atoms with van der Waals surface area (Å²) in [6.07, 6.45) is 1.73. The highest BCUT2D eigenvalue weighted by atomic mass is 32.1. The second-order valence-electron chi connectivity index (χ2n) is 7.58. The van der Waals surface area contributed by atoms with Crippen LogP contribution in [0.4, 0.5) is 4.39 Å². The Balaban J connectivity index is 1.62. The molecule has 186 valence electrons. The summed E-state index contributed by atoms with van der Waals surface area (Å²) in [7, 11) is 6.55. The smallest absolute Gasteiger partial charge is 0.205 e. The van der Waals surface area contributed by atoms with Crippen LogP contribution >= 0.6 is 11.3 Å². The Morgan fingerprint density at radius 3 is 2.33 bits per heavy atom. The number of aromatic nitrogens is 1. The minimum Gasteiger partial charge on any atom is -0.497 e. The van der Waals surface area contributed by atoms with Crippen molar-refractivity contribution in [2.45, 2.75) is 6.61 Å². The van der Waals surface area contributed by atoms with E-state index in [1.165, 1.54) is 23.5 Å². The van der Waals surface area contributed by atoms with Crippen LogP contribution in [0.1, 0.15) is 11.1 Å². The molecule has 0 saturated heterocycles. The number of rotatable bonds is 9. The molecular weight excluding hydrogens is 481 g/mol. The van der Waals surface area contributed by atoms with Gasteiger partial charge in [0.25, 0.3) is 0 Å². The molecule has 36 heavy (non-hydrogen) atoms. The molecule has 0 amide bonds. The third-order valence-corrected chi connectivity index (χ3v) is 6.28. The molecule has 9 heteroatoms. The molecule has 0 atom stereocenters. The van der Waals surface area contributed by atoms with Crippen LogP contribution in [0.5, 0.6) is 23.0 Å². The van der Waals surface area contributed by atoms with Gasteiger partial charge in [0, 0.05) is 18.0 Å². The van der Waals surface area contributed by atoms with Crippen LogP contribution in [0.25, 0.3) is 11.3 Å². The average Bonchev–Trinajstić information content (AvgIpc) is 3.34. The van der Waals surface area contributed by atoms with E-state index in [9.17, 15) is 4.39 Å². The highest BCUT2D eigenvalue weighted by molar-refractivity contribution is 7.07. The van der Waals surface area contributed by atoms with Crippen molar-refractivity contribution in [2.75, 3.05) is 28.4 Å². The molecule has 0 radical (unpaired) electrons. The monoisotopic (exact) mass is 507 g/mol. The van der Waals surface area contributed by atoms with Crippen molar-refractivity contribution in [3.8, 4) is 34.3 Å². The molecule has 4 aromatic rings. The summed E-state index contributed by atoms with van der Waals surface area (Å²) in [6, 6.07) is 17.3. The highest BCUT2D eigenvalue weighted by Crippen LogP contribution is 2.34. The molecule has 1 aromatic heterocycles. The third kappa shape index (κ3) is 5.58. The predicted octanol–water partition coefficient (Wildman–Crippen LogP) is 5.37. The molecule has 0 bridgehead atoms. The van der Waals surface area contributed by atoms with Crippen molar-refractivity contribution in [3.05, 3.63) is 87.8 Å². The normalized spacial score (nSPS) is 11.6. The van der Waals surface area contributed by atoms with E-state index in [1.807, 2.05) is 41.8 Å². The van der Waals surface area contributed by atoms with Gasteiger partial charge in [-0.25, -0.2) is 9.07 Å². The van der Waals surface area contributed by atoms with Crippen LogP contribution < -0.4 is 23.7 Å². The molecule has 0 unspecified atom stereocenters. The van der Waals surface area contributed by atoms with E-state index < -0.39 is 0 Å². The van der Waals surface area contributed by atoms with E-state index in [4.69, 9.17) is 24.0 Å². The quantitative estimate of drug-likeness (QED) is 0.286. The number of methoxy groups -OCH3 is 3. The van der Waals surface area contributed by atoms with Crippen LogP contribution in [0.3, 0.4) is 0 Å². The molecule has 4 rings (SSSR count). The minimum absolute atomic E-state index is 0.282. The zero-order valence-corrected chi connectivity index (χ0v) is 21.2. The minimum atomic E-state index is -0.282. The fourth-order valence-corrected chi connectivity index (χ4v) is 4.31. The topological polar surface area (TPSA) is 66.6 Å². The molecule has 7 nitrogen and oxygen atoms in total. The van der Waals surface area contributed by atoms with E-state index >= 15 is 0 Å². The Morgan fingerprint density at radius 1 is 0.889 bits per heavy atom. The Labute approximate surface area is 212 Å². The van der Waals surface area contributed by atoms with Crippen LogP contribution in [-0.2, 0) is 6.61 Å². The molecule has 0 aliphatic rings. The van der Waals surface area contributed by atoms with Crippen molar-refractivity contribution in [2.24, 2.45) is 10.1 Å². The highest BCUT2D eigenvalue weighted by Gasteiger charge is 2.14. The van der Waals surface area contributed by atoms with E-state index in [2.05, 4.69) is 4.99 Å². The summed E-state index contributed by atoms with van der Waals surface area (Å²) in [4.78, 5) is 5.08. The predicted molar refractivity (Wildman–Crippen MR) is 139 cm³/mol. The Kier molecular flexibility index (Phi) is 8.02. The van der Waals surface area contributed by atoms with Crippen LogP contribution in [-0.4, -0.2) is 39.3 Å². The summed E-state index contributed by atoms with van der Waals surface area (Å²) in [5.41, 5.74) is 3.32.